The number of amides is 2. The molecule has 2 amide bonds. The lowest BCUT2D eigenvalue weighted by atomic mass is 10.2. The lowest BCUT2D eigenvalue weighted by molar-refractivity contribution is -0.138. The van der Waals surface area contributed by atoms with Crippen LogP contribution in [0.4, 0.5) is 16.2 Å². The summed E-state index contributed by atoms with van der Waals surface area (Å²) in [6.07, 6.45) is -0.706. The average Bonchev–Trinajstić information content (AvgIpc) is 2.89. The third-order valence-electron chi connectivity index (χ3n) is 4.56. The van der Waals surface area contributed by atoms with E-state index < -0.39 is 18.0 Å². The number of ether oxygens (including phenoxy) is 4. The van der Waals surface area contributed by atoms with Crippen LogP contribution in [0.3, 0.4) is 0 Å². The van der Waals surface area contributed by atoms with Crippen molar-refractivity contribution in [2.24, 2.45) is 10.2 Å². The SMILES string of the molecule is C=C(C)C(=O)OCCNC(=O)OCCOc1ccccc1N=N/C(C(=O)Nc1ccccc1OC)=C(\C)O. The Kier molecular flexibility index (Phi) is 11.8. The van der Waals surface area contributed by atoms with E-state index >= 15 is 0 Å². The van der Waals surface area contributed by atoms with Gasteiger partial charge < -0.3 is 34.7 Å². The molecule has 0 unspecified atom stereocenters. The highest BCUT2D eigenvalue weighted by atomic mass is 16.6. The summed E-state index contributed by atoms with van der Waals surface area (Å²) in [6, 6.07) is 13.4. The predicted molar refractivity (Wildman–Crippen MR) is 139 cm³/mol. The zero-order chi connectivity index (χ0) is 27.9. The molecule has 2 aromatic carbocycles. The number of para-hydroxylation sites is 3. The number of azo groups is 1. The fourth-order valence-electron chi connectivity index (χ4n) is 2.73. The first-order valence-corrected chi connectivity index (χ1v) is 11.4. The zero-order valence-corrected chi connectivity index (χ0v) is 21.4. The Hall–Kier alpha value is -4.87. The molecule has 0 atom stereocenters. The van der Waals surface area contributed by atoms with Gasteiger partial charge in [0.25, 0.3) is 5.91 Å². The highest BCUT2D eigenvalue weighted by Gasteiger charge is 2.16. The number of esters is 1. The number of anilines is 1. The molecule has 12 heteroatoms. The maximum Gasteiger partial charge on any atom is 0.407 e. The second-order valence-corrected chi connectivity index (χ2v) is 7.58. The van der Waals surface area contributed by atoms with Crippen LogP contribution in [-0.2, 0) is 19.1 Å². The van der Waals surface area contributed by atoms with Gasteiger partial charge in [0, 0.05) is 5.57 Å². The van der Waals surface area contributed by atoms with Gasteiger partial charge in [-0.25, -0.2) is 9.59 Å². The van der Waals surface area contributed by atoms with Crippen molar-refractivity contribution in [3.05, 3.63) is 72.1 Å². The van der Waals surface area contributed by atoms with Crippen molar-refractivity contribution < 1.29 is 38.4 Å². The van der Waals surface area contributed by atoms with Gasteiger partial charge in [0.15, 0.2) is 5.70 Å². The summed E-state index contributed by atoms with van der Waals surface area (Å²) < 4.78 is 20.7. The number of nitrogens with one attached hydrogen (secondary N) is 2. The molecule has 0 spiro atoms. The average molecular weight is 527 g/mol. The number of nitrogens with zero attached hydrogens (tertiary/aromatic N) is 2. The molecular weight excluding hydrogens is 496 g/mol. The largest absolute Gasteiger partial charge is 0.510 e. The first kappa shape index (κ1) is 29.4. The number of aliphatic hydroxyl groups is 1. The van der Waals surface area contributed by atoms with E-state index in [1.807, 2.05) is 0 Å². The lowest BCUT2D eigenvalue weighted by Crippen LogP contribution is -2.29. The summed E-state index contributed by atoms with van der Waals surface area (Å²) in [5.41, 5.74) is 0.633. The number of methoxy groups -OCH3 is 1. The molecule has 0 saturated heterocycles. The number of carbonyl (C=O) groups is 3. The number of allylic oxidation sites excluding steroid dienone is 1. The zero-order valence-electron chi connectivity index (χ0n) is 21.4. The number of hydrogen-bond donors (Lipinski definition) is 3. The smallest absolute Gasteiger partial charge is 0.407 e. The van der Waals surface area contributed by atoms with Gasteiger partial charge in [-0.2, -0.15) is 0 Å². The minimum atomic E-state index is -0.706. The summed E-state index contributed by atoms with van der Waals surface area (Å²) in [5, 5.41) is 23.0. The minimum absolute atomic E-state index is 0.000605. The lowest BCUT2D eigenvalue weighted by Gasteiger charge is -2.11. The fourth-order valence-corrected chi connectivity index (χ4v) is 2.73. The molecule has 202 valence electrons. The summed E-state index contributed by atoms with van der Waals surface area (Å²) in [6.45, 7) is 6.27. The first-order valence-electron chi connectivity index (χ1n) is 11.4. The Morgan fingerprint density at radius 1 is 0.947 bits per heavy atom. The van der Waals surface area contributed by atoms with Crippen LogP contribution in [0, 0.1) is 0 Å². The molecule has 0 aromatic heterocycles. The number of carbonyl (C=O) groups excluding carboxylic acids is 3. The molecule has 0 bridgehead atoms. The van der Waals surface area contributed by atoms with E-state index in [9.17, 15) is 19.5 Å². The highest BCUT2D eigenvalue weighted by molar-refractivity contribution is 6.04. The Morgan fingerprint density at radius 2 is 1.63 bits per heavy atom. The van der Waals surface area contributed by atoms with Crippen molar-refractivity contribution in [1.29, 1.82) is 0 Å². The quantitative estimate of drug-likeness (QED) is 0.114. The van der Waals surface area contributed by atoms with Gasteiger partial charge in [0.05, 0.1) is 19.3 Å². The number of benzene rings is 2. The van der Waals surface area contributed by atoms with Crippen LogP contribution in [-0.4, -0.2) is 56.6 Å². The molecule has 3 N–H and O–H groups in total. The molecular formula is C26H30N4O8. The van der Waals surface area contributed by atoms with E-state index in [-0.39, 0.29) is 49.1 Å². The molecule has 2 rings (SSSR count). The monoisotopic (exact) mass is 526 g/mol. The summed E-state index contributed by atoms with van der Waals surface area (Å²) in [5.74, 6) is -0.822. The summed E-state index contributed by atoms with van der Waals surface area (Å²) in [4.78, 5) is 35.7. The van der Waals surface area contributed by atoms with Crippen LogP contribution in [0.2, 0.25) is 0 Å². The van der Waals surface area contributed by atoms with E-state index in [1.165, 1.54) is 21.0 Å². The third-order valence-corrected chi connectivity index (χ3v) is 4.56. The third kappa shape index (κ3) is 9.64. The Labute approximate surface area is 219 Å². The molecule has 12 nitrogen and oxygen atoms in total. The van der Waals surface area contributed by atoms with E-state index in [0.717, 1.165) is 0 Å². The van der Waals surface area contributed by atoms with Gasteiger partial charge in [0.1, 0.15) is 42.8 Å². The highest BCUT2D eigenvalue weighted by Crippen LogP contribution is 2.29. The van der Waals surface area contributed by atoms with Crippen molar-refractivity contribution >= 4 is 29.3 Å². The predicted octanol–water partition coefficient (Wildman–Crippen LogP) is 4.43. The standard InChI is InChI=1S/C26H30N4O8/c1-17(2)25(33)37-14-13-27-26(34)38-16-15-36-22-12-8-6-10-20(22)29-30-23(18(3)31)24(32)28-19-9-5-7-11-21(19)35-4/h5-12,31H,1,13-16H2,2-4H3,(H,27,34)(H,28,32)/b23-18+,30-29?. The first-order chi connectivity index (χ1) is 18.2. The normalized spacial score (nSPS) is 11.2. The minimum Gasteiger partial charge on any atom is -0.510 e. The van der Waals surface area contributed by atoms with E-state index in [2.05, 4.69) is 27.4 Å². The summed E-state index contributed by atoms with van der Waals surface area (Å²) in [7, 11) is 1.47. The second kappa shape index (κ2) is 15.3. The molecule has 38 heavy (non-hydrogen) atoms. The number of aliphatic hydroxyl groups excluding tert-OH is 1. The van der Waals surface area contributed by atoms with E-state index in [4.69, 9.17) is 18.9 Å². The van der Waals surface area contributed by atoms with Gasteiger partial charge in [-0.05, 0) is 38.1 Å². The van der Waals surface area contributed by atoms with Crippen LogP contribution >= 0.6 is 0 Å². The van der Waals surface area contributed by atoms with Gasteiger partial charge in [-0.15, -0.1) is 10.2 Å². The van der Waals surface area contributed by atoms with Crippen molar-refractivity contribution in [3.63, 3.8) is 0 Å². The Bertz CT molecular complexity index is 1210. The molecule has 0 fully saturated rings. The summed E-state index contributed by atoms with van der Waals surface area (Å²) >= 11 is 0. The molecule has 2 aromatic rings. The molecule has 0 radical (unpaired) electrons. The molecule has 0 heterocycles. The number of rotatable bonds is 13. The number of alkyl carbamates (subject to hydrolysis) is 1. The van der Waals surface area contributed by atoms with Crippen LogP contribution in [0.5, 0.6) is 11.5 Å². The van der Waals surface area contributed by atoms with E-state index in [0.29, 0.717) is 17.2 Å². The van der Waals surface area contributed by atoms with Crippen LogP contribution < -0.4 is 20.1 Å². The maximum absolute atomic E-state index is 12.7. The van der Waals surface area contributed by atoms with Crippen molar-refractivity contribution in [3.8, 4) is 11.5 Å². The van der Waals surface area contributed by atoms with Crippen molar-refractivity contribution in [2.45, 2.75) is 13.8 Å². The van der Waals surface area contributed by atoms with Crippen LogP contribution in [0.15, 0.2) is 82.4 Å². The maximum atomic E-state index is 12.7. The van der Waals surface area contributed by atoms with Crippen molar-refractivity contribution in [1.82, 2.24) is 5.32 Å². The van der Waals surface area contributed by atoms with Gasteiger partial charge >= 0.3 is 12.1 Å². The van der Waals surface area contributed by atoms with Crippen LogP contribution in [0.1, 0.15) is 13.8 Å². The molecule has 0 aliphatic heterocycles. The van der Waals surface area contributed by atoms with Gasteiger partial charge in [-0.1, -0.05) is 30.8 Å². The second-order valence-electron chi connectivity index (χ2n) is 7.58. The fraction of sp³-hybridized carbons (Fsp3) is 0.269. The number of hydrogen-bond acceptors (Lipinski definition) is 10. The van der Waals surface area contributed by atoms with E-state index in [1.54, 1.807) is 48.5 Å². The van der Waals surface area contributed by atoms with Crippen molar-refractivity contribution in [2.75, 3.05) is 38.8 Å². The molecule has 0 aliphatic carbocycles. The van der Waals surface area contributed by atoms with Gasteiger partial charge in [-0.3, -0.25) is 4.79 Å². The molecule has 0 saturated carbocycles. The molecule has 0 aliphatic rings. The Balaban J connectivity index is 1.90. The van der Waals surface area contributed by atoms with Gasteiger partial charge in [0.2, 0.25) is 0 Å². The topological polar surface area (TPSA) is 157 Å². The van der Waals surface area contributed by atoms with Crippen LogP contribution in [0.25, 0.3) is 0 Å². The Morgan fingerprint density at radius 3 is 2.32 bits per heavy atom.